The number of nitrogen functional groups attached to an aromatic ring is 1. The lowest BCUT2D eigenvalue weighted by Gasteiger charge is -2.34. The fourth-order valence-electron chi connectivity index (χ4n) is 5.57. The molecule has 3 aromatic rings. The molecule has 0 saturated carbocycles. The number of aryl methyl sites for hydroxylation is 2. The molecule has 2 N–H and O–H groups in total. The van der Waals surface area contributed by atoms with E-state index in [1.807, 2.05) is 6.26 Å². The molecule has 0 unspecified atom stereocenters. The number of ether oxygens (including phenoxy) is 1. The van der Waals surface area contributed by atoms with Crippen LogP contribution in [-0.2, 0) is 22.5 Å². The number of quaternary nitrogens is 1. The van der Waals surface area contributed by atoms with Gasteiger partial charge in [0.1, 0.15) is 17.9 Å². The normalized spacial score (nSPS) is 14.9. The summed E-state index contributed by atoms with van der Waals surface area (Å²) in [7, 11) is 6.71. The Morgan fingerprint density at radius 2 is 1.85 bits per heavy atom. The van der Waals surface area contributed by atoms with Gasteiger partial charge in [-0.2, -0.15) is 0 Å². The van der Waals surface area contributed by atoms with Gasteiger partial charge in [-0.05, 0) is 50.8 Å². The Morgan fingerprint density at radius 1 is 1.07 bits per heavy atom. The van der Waals surface area contributed by atoms with Gasteiger partial charge in [-0.1, -0.05) is 25.1 Å². The number of hydrogen-bond acceptors (Lipinski definition) is 8. The van der Waals surface area contributed by atoms with Gasteiger partial charge in [0, 0.05) is 56.6 Å². The van der Waals surface area contributed by atoms with E-state index in [4.69, 9.17) is 20.4 Å². The SMILES string of the molecule is CCCCc1nc2c(N)nc3ccc(N4CCN(C)CC4)cc3c2n1CCCC[N+](C)(C)CCOCCC(=O)SC. The van der Waals surface area contributed by atoms with Crippen LogP contribution in [0.3, 0.4) is 0 Å². The standard InChI is InChI=1S/C31H50N7O2S/c1-6-7-10-27-34-29-30(37(27)14-8-9-19-38(3,4)20-22-40-21-13-28(39)41-5)25-23-24(11-12-26(25)33-31(29)32)36-17-15-35(2)16-18-36/h11-12,23H,6-10,13-22H2,1-5H3,(H2,32,33)/q+1. The molecule has 0 aliphatic carbocycles. The van der Waals surface area contributed by atoms with E-state index in [0.717, 1.165) is 110 Å². The second kappa shape index (κ2) is 14.7. The highest BCUT2D eigenvalue weighted by molar-refractivity contribution is 8.13. The summed E-state index contributed by atoms with van der Waals surface area (Å²) in [5.41, 5.74) is 10.7. The number of imidazole rings is 1. The van der Waals surface area contributed by atoms with E-state index in [2.05, 4.69) is 60.6 Å². The zero-order valence-electron chi connectivity index (χ0n) is 25.8. The molecule has 0 atom stereocenters. The van der Waals surface area contributed by atoms with Gasteiger partial charge in [-0.3, -0.25) is 4.79 Å². The predicted molar refractivity (Wildman–Crippen MR) is 173 cm³/mol. The van der Waals surface area contributed by atoms with Crippen molar-refractivity contribution >= 4 is 50.3 Å². The van der Waals surface area contributed by atoms with E-state index < -0.39 is 0 Å². The van der Waals surface area contributed by atoms with E-state index in [-0.39, 0.29) is 5.12 Å². The first-order valence-corrected chi connectivity index (χ1v) is 16.4. The van der Waals surface area contributed by atoms with Gasteiger partial charge in [0.25, 0.3) is 0 Å². The van der Waals surface area contributed by atoms with Crippen LogP contribution in [0, 0.1) is 0 Å². The maximum absolute atomic E-state index is 11.5. The van der Waals surface area contributed by atoms with Crippen molar-refractivity contribution in [1.82, 2.24) is 19.4 Å². The highest BCUT2D eigenvalue weighted by Crippen LogP contribution is 2.32. The number of carbonyl (C=O) groups excluding carboxylic acids is 1. The molecule has 3 heterocycles. The zero-order chi connectivity index (χ0) is 29.4. The van der Waals surface area contributed by atoms with Crippen molar-refractivity contribution < 1.29 is 14.0 Å². The Hall–Kier alpha value is -2.40. The molecule has 0 amide bonds. The number of aromatic nitrogens is 3. The molecule has 0 bridgehead atoms. The number of anilines is 2. The third-order valence-electron chi connectivity index (χ3n) is 8.30. The minimum atomic E-state index is 0.185. The minimum Gasteiger partial charge on any atom is -0.382 e. The van der Waals surface area contributed by atoms with Gasteiger partial charge in [0.05, 0.1) is 44.9 Å². The minimum absolute atomic E-state index is 0.185. The smallest absolute Gasteiger partial charge is 0.190 e. The zero-order valence-corrected chi connectivity index (χ0v) is 26.6. The number of benzene rings is 1. The Balaban J connectivity index is 1.49. The number of pyridine rings is 1. The average molecular weight is 585 g/mol. The van der Waals surface area contributed by atoms with Crippen LogP contribution in [0.5, 0.6) is 0 Å². The highest BCUT2D eigenvalue weighted by atomic mass is 32.2. The third kappa shape index (κ3) is 8.34. The fraction of sp³-hybridized carbons (Fsp3) is 0.645. The summed E-state index contributed by atoms with van der Waals surface area (Å²) in [6, 6.07) is 6.62. The maximum Gasteiger partial charge on any atom is 0.190 e. The van der Waals surface area contributed by atoms with Crippen molar-refractivity contribution in [3.63, 3.8) is 0 Å². The summed E-state index contributed by atoms with van der Waals surface area (Å²) in [5.74, 6) is 1.64. The number of rotatable bonds is 15. The highest BCUT2D eigenvalue weighted by Gasteiger charge is 2.21. The molecule has 1 aliphatic heterocycles. The molecular formula is C31H50N7O2S+. The summed E-state index contributed by atoms with van der Waals surface area (Å²) in [4.78, 5) is 26.1. The number of piperazine rings is 1. The molecule has 226 valence electrons. The number of fused-ring (bicyclic) bond motifs is 3. The molecule has 2 aromatic heterocycles. The van der Waals surface area contributed by atoms with Gasteiger partial charge in [-0.15, -0.1) is 0 Å². The number of unbranched alkanes of at least 4 members (excludes halogenated alkanes) is 2. The molecule has 41 heavy (non-hydrogen) atoms. The van der Waals surface area contributed by atoms with Crippen LogP contribution in [0.1, 0.15) is 44.9 Å². The van der Waals surface area contributed by atoms with Crippen LogP contribution >= 0.6 is 11.8 Å². The average Bonchev–Trinajstić information content (AvgIpc) is 3.33. The van der Waals surface area contributed by atoms with Crippen molar-refractivity contribution in [2.75, 3.05) is 90.5 Å². The molecule has 9 nitrogen and oxygen atoms in total. The Kier molecular flexibility index (Phi) is 11.3. The van der Waals surface area contributed by atoms with Gasteiger partial charge in [0.15, 0.2) is 10.9 Å². The molecule has 0 radical (unpaired) electrons. The number of likely N-dealkylation sites (N-methyl/N-ethyl adjacent to an activating group) is 2. The molecular weight excluding hydrogens is 534 g/mol. The summed E-state index contributed by atoms with van der Waals surface area (Å²) in [5, 5.41) is 1.33. The molecule has 1 fully saturated rings. The Labute approximate surface area is 250 Å². The lowest BCUT2D eigenvalue weighted by atomic mass is 10.1. The van der Waals surface area contributed by atoms with Gasteiger partial charge in [0.2, 0.25) is 0 Å². The fourth-order valence-corrected chi connectivity index (χ4v) is 5.85. The monoisotopic (exact) mass is 584 g/mol. The molecule has 0 spiro atoms. The third-order valence-corrected chi connectivity index (χ3v) is 8.96. The Morgan fingerprint density at radius 3 is 2.59 bits per heavy atom. The van der Waals surface area contributed by atoms with E-state index >= 15 is 0 Å². The van der Waals surface area contributed by atoms with Crippen LogP contribution in [0.2, 0.25) is 0 Å². The van der Waals surface area contributed by atoms with Crippen molar-refractivity contribution in [2.24, 2.45) is 0 Å². The lowest BCUT2D eigenvalue weighted by molar-refractivity contribution is -0.891. The number of thioether (sulfide) groups is 1. The van der Waals surface area contributed by atoms with Crippen LogP contribution in [0.25, 0.3) is 21.9 Å². The van der Waals surface area contributed by atoms with Crippen LogP contribution < -0.4 is 10.6 Å². The van der Waals surface area contributed by atoms with E-state index in [1.165, 1.54) is 17.4 Å². The predicted octanol–water partition coefficient (Wildman–Crippen LogP) is 4.41. The van der Waals surface area contributed by atoms with Gasteiger partial charge >= 0.3 is 0 Å². The topological polar surface area (TPSA) is 89.5 Å². The number of nitrogens with zero attached hydrogens (tertiary/aromatic N) is 6. The Bertz CT molecular complexity index is 1300. The first kappa shape index (κ1) is 31.5. The van der Waals surface area contributed by atoms with Crippen LogP contribution in [-0.4, -0.2) is 109 Å². The van der Waals surface area contributed by atoms with E-state index in [0.29, 0.717) is 25.5 Å². The molecule has 1 aromatic carbocycles. The number of hydrogen-bond donors (Lipinski definition) is 1. The summed E-state index contributed by atoms with van der Waals surface area (Å²) in [6.07, 6.45) is 7.66. The quantitative estimate of drug-likeness (QED) is 0.208. The van der Waals surface area contributed by atoms with E-state index in [9.17, 15) is 4.79 Å². The van der Waals surface area contributed by atoms with Crippen molar-refractivity contribution in [3.05, 3.63) is 24.0 Å². The molecule has 4 rings (SSSR count). The summed E-state index contributed by atoms with van der Waals surface area (Å²) >= 11 is 1.27. The molecule has 1 saturated heterocycles. The number of nitrogens with two attached hydrogens (primary N) is 1. The molecule has 10 heteroatoms. The van der Waals surface area contributed by atoms with Crippen molar-refractivity contribution in [3.8, 4) is 0 Å². The van der Waals surface area contributed by atoms with E-state index in [1.54, 1.807) is 0 Å². The second-order valence-electron chi connectivity index (χ2n) is 12.0. The van der Waals surface area contributed by atoms with Gasteiger partial charge < -0.3 is 29.3 Å². The van der Waals surface area contributed by atoms with Crippen molar-refractivity contribution in [2.45, 2.75) is 52.0 Å². The largest absolute Gasteiger partial charge is 0.382 e. The van der Waals surface area contributed by atoms with Gasteiger partial charge in [-0.25, -0.2) is 9.97 Å². The number of carbonyl (C=O) groups is 1. The van der Waals surface area contributed by atoms with Crippen LogP contribution in [0.4, 0.5) is 11.5 Å². The van der Waals surface area contributed by atoms with Crippen LogP contribution in [0.15, 0.2) is 18.2 Å². The second-order valence-corrected chi connectivity index (χ2v) is 12.9. The maximum atomic E-state index is 11.5. The first-order chi connectivity index (χ1) is 19.7. The first-order valence-electron chi connectivity index (χ1n) is 15.2. The molecule has 1 aliphatic rings. The summed E-state index contributed by atoms with van der Waals surface area (Å²) < 4.78 is 9.07. The lowest BCUT2D eigenvalue weighted by Crippen LogP contribution is -2.44. The summed E-state index contributed by atoms with van der Waals surface area (Å²) in [6.45, 7) is 10.5. The van der Waals surface area contributed by atoms with Crippen molar-refractivity contribution in [1.29, 1.82) is 0 Å².